The predicted molar refractivity (Wildman–Crippen MR) is 66.9 cm³/mol. The number of alkyl halides is 3. The average Bonchev–Trinajstić information content (AvgIpc) is 1.79. The van der Waals surface area contributed by atoms with Crippen LogP contribution in [0.1, 0.15) is 20.8 Å². The molecule has 0 fully saturated rings. The molecule has 0 aromatic rings. The molecule has 0 unspecified atom stereocenters. The zero-order valence-electron chi connectivity index (χ0n) is 8.07. The Bertz CT molecular complexity index is 210. The van der Waals surface area contributed by atoms with Crippen LogP contribution in [-0.2, 0) is 0 Å². The lowest BCUT2D eigenvalue weighted by Gasteiger charge is -2.25. The van der Waals surface area contributed by atoms with Gasteiger partial charge in [0, 0.05) is 5.54 Å². The third-order valence-corrected chi connectivity index (χ3v) is 2.37. The van der Waals surface area contributed by atoms with Gasteiger partial charge in [-0.2, -0.15) is 0 Å². The fourth-order valence-corrected chi connectivity index (χ4v) is 0.926. The lowest BCUT2D eigenvalue weighted by molar-refractivity contribution is 0.150. The van der Waals surface area contributed by atoms with E-state index >= 15 is 0 Å². The Morgan fingerprint density at radius 2 is 1.71 bits per heavy atom. The first kappa shape index (κ1) is 14.7. The molecule has 4 nitrogen and oxygen atoms in total. The summed E-state index contributed by atoms with van der Waals surface area (Å²) in [6.45, 7) is 5.55. The number of hydrogen-bond donors (Lipinski definition) is 3. The molecule has 0 saturated heterocycles. The van der Waals surface area contributed by atoms with Crippen molar-refractivity contribution in [3.63, 3.8) is 0 Å². The maximum atomic E-state index is 11.3. The monoisotopic (exact) mass is 394 g/mol. The minimum absolute atomic E-state index is 0.336. The van der Waals surface area contributed by atoms with Crippen molar-refractivity contribution in [2.75, 3.05) is 0 Å². The van der Waals surface area contributed by atoms with E-state index in [0.29, 0.717) is 0 Å². The van der Waals surface area contributed by atoms with Gasteiger partial charge in [-0.3, -0.25) is 0 Å². The summed E-state index contributed by atoms with van der Waals surface area (Å²) < 4.78 is -0.914. The van der Waals surface area contributed by atoms with Gasteiger partial charge in [0.15, 0.2) is 8.37 Å². The SMILES string of the molecule is CC(C)(C)NC(=O)N[C@H](O)C(Br)(Br)Br. The van der Waals surface area contributed by atoms with E-state index in [2.05, 4.69) is 58.4 Å². The van der Waals surface area contributed by atoms with E-state index in [0.717, 1.165) is 0 Å². The molecule has 0 radical (unpaired) electrons. The molecule has 0 aliphatic carbocycles. The Hall–Kier alpha value is 0.670. The maximum absolute atomic E-state index is 11.3. The van der Waals surface area contributed by atoms with Gasteiger partial charge in [-0.05, 0) is 20.8 Å². The van der Waals surface area contributed by atoms with Crippen molar-refractivity contribution in [3.05, 3.63) is 0 Å². The summed E-state index contributed by atoms with van der Waals surface area (Å²) in [7, 11) is 0. The van der Waals surface area contributed by atoms with E-state index in [9.17, 15) is 9.90 Å². The number of urea groups is 1. The number of carbonyl (C=O) groups is 1. The summed E-state index contributed by atoms with van der Waals surface area (Å²) in [4.78, 5) is 11.3. The maximum Gasteiger partial charge on any atom is 0.317 e. The van der Waals surface area contributed by atoms with Crippen molar-refractivity contribution >= 4 is 53.8 Å². The quantitative estimate of drug-likeness (QED) is 0.470. The zero-order valence-corrected chi connectivity index (χ0v) is 12.8. The number of carbonyl (C=O) groups excluding carboxylic acids is 1. The first-order valence-electron chi connectivity index (χ1n) is 3.86. The number of hydrogen-bond acceptors (Lipinski definition) is 2. The molecule has 0 rings (SSSR count). The van der Waals surface area contributed by atoms with Crippen molar-refractivity contribution in [3.8, 4) is 0 Å². The van der Waals surface area contributed by atoms with Crippen LogP contribution in [0.5, 0.6) is 0 Å². The van der Waals surface area contributed by atoms with E-state index in [1.807, 2.05) is 20.8 Å². The van der Waals surface area contributed by atoms with E-state index < -0.39 is 14.4 Å². The van der Waals surface area contributed by atoms with Crippen LogP contribution in [0, 0.1) is 0 Å². The van der Waals surface area contributed by atoms with Crippen molar-refractivity contribution < 1.29 is 9.90 Å². The average molecular weight is 397 g/mol. The third kappa shape index (κ3) is 7.03. The molecule has 3 N–H and O–H groups in total. The molecule has 0 aliphatic rings. The molecule has 1 atom stereocenters. The highest BCUT2D eigenvalue weighted by Crippen LogP contribution is 2.35. The van der Waals surface area contributed by atoms with Crippen LogP contribution >= 0.6 is 47.8 Å². The van der Waals surface area contributed by atoms with E-state index in [1.165, 1.54) is 0 Å². The molecule has 0 aliphatic heterocycles. The van der Waals surface area contributed by atoms with Gasteiger partial charge < -0.3 is 15.7 Å². The molecule has 2 amide bonds. The second-order valence-corrected chi connectivity index (χ2v) is 10.7. The number of aliphatic hydroxyl groups excluding tert-OH is 1. The molecular formula is C7H13Br3N2O2. The van der Waals surface area contributed by atoms with Gasteiger partial charge in [-0.1, -0.05) is 47.8 Å². The van der Waals surface area contributed by atoms with Crippen LogP contribution < -0.4 is 10.6 Å². The predicted octanol–water partition coefficient (Wildman–Crippen LogP) is 2.24. The highest BCUT2D eigenvalue weighted by molar-refractivity contribution is 9.39. The van der Waals surface area contributed by atoms with Crippen molar-refractivity contribution in [2.24, 2.45) is 0 Å². The number of amides is 2. The molecule has 0 spiro atoms. The second-order valence-electron chi connectivity index (χ2n) is 3.79. The molecule has 0 aromatic heterocycles. The summed E-state index contributed by atoms with van der Waals surface area (Å²) in [5, 5.41) is 14.4. The topological polar surface area (TPSA) is 61.4 Å². The van der Waals surface area contributed by atoms with Gasteiger partial charge in [0.2, 0.25) is 0 Å². The number of rotatable bonds is 1. The largest absolute Gasteiger partial charge is 0.370 e. The minimum Gasteiger partial charge on any atom is -0.370 e. The van der Waals surface area contributed by atoms with Gasteiger partial charge in [0.1, 0.15) is 0 Å². The van der Waals surface area contributed by atoms with Crippen LogP contribution in [0.2, 0.25) is 0 Å². The van der Waals surface area contributed by atoms with Crippen molar-refractivity contribution in [2.45, 2.75) is 34.7 Å². The van der Waals surface area contributed by atoms with Gasteiger partial charge in [-0.25, -0.2) is 4.79 Å². The molecule has 84 valence electrons. The zero-order chi connectivity index (χ0) is 11.6. The highest BCUT2D eigenvalue weighted by atomic mass is 80.0. The standard InChI is InChI=1S/C7H13Br3N2O2/c1-6(2,3)12-5(14)11-4(13)7(8,9)10/h4,13H,1-3H3,(H2,11,12,14)/t4-/m1/s1. The van der Waals surface area contributed by atoms with Crippen molar-refractivity contribution in [1.29, 1.82) is 0 Å². The minimum atomic E-state index is -1.09. The first-order valence-corrected chi connectivity index (χ1v) is 6.24. The lowest BCUT2D eigenvalue weighted by Crippen LogP contribution is -2.52. The van der Waals surface area contributed by atoms with Gasteiger partial charge in [-0.15, -0.1) is 0 Å². The van der Waals surface area contributed by atoms with Gasteiger partial charge in [0.05, 0.1) is 0 Å². The molecule has 0 aromatic carbocycles. The normalized spacial score (nSPS) is 14.8. The number of halogens is 3. The Kier molecular flexibility index (Phi) is 5.38. The second kappa shape index (κ2) is 5.14. The Balaban J connectivity index is 4.09. The van der Waals surface area contributed by atoms with Crippen LogP contribution in [-0.4, -0.2) is 25.0 Å². The molecule has 14 heavy (non-hydrogen) atoms. The van der Waals surface area contributed by atoms with Crippen LogP contribution in [0.25, 0.3) is 0 Å². The number of aliphatic hydroxyl groups is 1. The molecule has 0 heterocycles. The Labute approximate surface area is 109 Å². The summed E-state index contributed by atoms with van der Waals surface area (Å²) in [5.41, 5.74) is -0.336. The molecular weight excluding hydrogens is 384 g/mol. The Morgan fingerprint density at radius 3 is 2.00 bits per heavy atom. The third-order valence-electron chi connectivity index (χ3n) is 1.07. The highest BCUT2D eigenvalue weighted by Gasteiger charge is 2.30. The van der Waals surface area contributed by atoms with Gasteiger partial charge in [0.25, 0.3) is 0 Å². The molecule has 0 bridgehead atoms. The lowest BCUT2D eigenvalue weighted by atomic mass is 10.1. The van der Waals surface area contributed by atoms with E-state index in [1.54, 1.807) is 0 Å². The smallest absolute Gasteiger partial charge is 0.317 e. The van der Waals surface area contributed by atoms with Crippen molar-refractivity contribution in [1.82, 2.24) is 10.6 Å². The Morgan fingerprint density at radius 1 is 1.29 bits per heavy atom. The number of nitrogens with one attached hydrogen (secondary N) is 2. The first-order chi connectivity index (χ1) is 6.02. The fraction of sp³-hybridized carbons (Fsp3) is 0.857. The van der Waals surface area contributed by atoms with E-state index in [-0.39, 0.29) is 5.54 Å². The van der Waals surface area contributed by atoms with Gasteiger partial charge >= 0.3 is 6.03 Å². The van der Waals surface area contributed by atoms with E-state index in [4.69, 9.17) is 0 Å². The summed E-state index contributed by atoms with van der Waals surface area (Å²) in [5.74, 6) is 0. The fourth-order valence-electron chi connectivity index (χ4n) is 0.583. The van der Waals surface area contributed by atoms with Crippen LogP contribution in [0.4, 0.5) is 4.79 Å². The molecule has 0 saturated carbocycles. The summed E-state index contributed by atoms with van der Waals surface area (Å²) in [6.07, 6.45) is -1.09. The van der Waals surface area contributed by atoms with Crippen LogP contribution in [0.15, 0.2) is 0 Å². The summed E-state index contributed by atoms with van der Waals surface area (Å²) in [6, 6.07) is -0.437. The summed E-state index contributed by atoms with van der Waals surface area (Å²) >= 11 is 9.28. The molecule has 7 heteroatoms. The van der Waals surface area contributed by atoms with Crippen LogP contribution in [0.3, 0.4) is 0 Å².